The molecular weight excluding hydrogens is 377 g/mol. The number of aromatic nitrogens is 2. The van der Waals surface area contributed by atoms with Crippen LogP contribution in [0.1, 0.15) is 42.5 Å². The van der Waals surface area contributed by atoms with Crippen molar-refractivity contribution in [1.82, 2.24) is 14.7 Å². The fourth-order valence-electron chi connectivity index (χ4n) is 2.37. The number of hydrogen-bond acceptors (Lipinski definition) is 5. The fraction of sp³-hybridized carbons (Fsp3) is 0.286. The van der Waals surface area contributed by atoms with Crippen molar-refractivity contribution in [3.8, 4) is 10.9 Å². The minimum absolute atomic E-state index is 0.101. The lowest BCUT2D eigenvalue weighted by atomic mass is 10.1. The molecular formula is C21H22FN3O2S. The van der Waals surface area contributed by atoms with E-state index >= 15 is 0 Å². The third-order valence-corrected chi connectivity index (χ3v) is 5.04. The van der Waals surface area contributed by atoms with Crippen LogP contribution >= 0.6 is 11.5 Å². The van der Waals surface area contributed by atoms with E-state index in [1.165, 1.54) is 12.1 Å². The molecule has 0 saturated heterocycles. The highest BCUT2D eigenvalue weighted by molar-refractivity contribution is 7.07. The Kier molecular flexibility index (Phi) is 6.36. The predicted molar refractivity (Wildman–Crippen MR) is 107 cm³/mol. The molecule has 0 fully saturated rings. The Morgan fingerprint density at radius 1 is 1.11 bits per heavy atom. The molecule has 3 rings (SSSR count). The third-order valence-electron chi connectivity index (χ3n) is 4.41. The fourth-order valence-corrected chi connectivity index (χ4v) is 2.94. The standard InChI is InChI=1S/C21H22FN3O2S/c1-13(2)14(3)23-20(26)16-6-10-18(11-7-16)27-21-24-19(25-28-21)12-15-4-8-17(22)9-5-15/h4-11,13-14H,12H2,1-3H3,(H,23,26). The van der Waals surface area contributed by atoms with E-state index in [0.717, 1.165) is 17.1 Å². The molecule has 0 aliphatic carbocycles. The summed E-state index contributed by atoms with van der Waals surface area (Å²) in [6, 6.07) is 13.3. The van der Waals surface area contributed by atoms with E-state index < -0.39 is 0 Å². The number of carbonyl (C=O) groups excluding carboxylic acids is 1. The van der Waals surface area contributed by atoms with Crippen molar-refractivity contribution in [3.05, 3.63) is 71.3 Å². The highest BCUT2D eigenvalue weighted by Gasteiger charge is 2.13. The van der Waals surface area contributed by atoms with Crippen molar-refractivity contribution in [2.75, 3.05) is 0 Å². The van der Waals surface area contributed by atoms with E-state index in [-0.39, 0.29) is 17.8 Å². The quantitative estimate of drug-likeness (QED) is 0.618. The molecule has 3 aromatic rings. The Morgan fingerprint density at radius 3 is 2.43 bits per heavy atom. The molecule has 0 aliphatic rings. The highest BCUT2D eigenvalue weighted by atomic mass is 32.1. The van der Waals surface area contributed by atoms with E-state index in [1.54, 1.807) is 36.4 Å². The van der Waals surface area contributed by atoms with E-state index in [4.69, 9.17) is 4.74 Å². The second-order valence-corrected chi connectivity index (χ2v) is 7.63. The van der Waals surface area contributed by atoms with Gasteiger partial charge in [0.15, 0.2) is 5.82 Å². The largest absolute Gasteiger partial charge is 0.430 e. The van der Waals surface area contributed by atoms with Gasteiger partial charge in [-0.1, -0.05) is 26.0 Å². The van der Waals surface area contributed by atoms with Crippen LogP contribution < -0.4 is 10.1 Å². The van der Waals surface area contributed by atoms with Crippen LogP contribution in [0.25, 0.3) is 0 Å². The van der Waals surface area contributed by atoms with Gasteiger partial charge in [0.1, 0.15) is 11.6 Å². The van der Waals surface area contributed by atoms with Gasteiger partial charge in [0.05, 0.1) is 0 Å². The van der Waals surface area contributed by atoms with Crippen LogP contribution in [0.4, 0.5) is 4.39 Å². The molecule has 1 N–H and O–H groups in total. The smallest absolute Gasteiger partial charge is 0.298 e. The summed E-state index contributed by atoms with van der Waals surface area (Å²) in [6.07, 6.45) is 0.507. The van der Waals surface area contributed by atoms with Gasteiger partial charge in [0, 0.05) is 29.6 Å². The SMILES string of the molecule is CC(C)C(C)NC(=O)c1ccc(Oc2nc(Cc3ccc(F)cc3)ns2)cc1. The Bertz CT molecular complexity index is 924. The van der Waals surface area contributed by atoms with Gasteiger partial charge < -0.3 is 10.1 Å². The zero-order valence-electron chi connectivity index (χ0n) is 16.0. The number of carbonyl (C=O) groups is 1. The molecule has 0 aliphatic heterocycles. The van der Waals surface area contributed by atoms with E-state index in [9.17, 15) is 9.18 Å². The van der Waals surface area contributed by atoms with Crippen LogP contribution in [0.15, 0.2) is 48.5 Å². The highest BCUT2D eigenvalue weighted by Crippen LogP contribution is 2.24. The molecule has 1 aromatic heterocycles. The molecule has 28 heavy (non-hydrogen) atoms. The first kappa shape index (κ1) is 19.9. The van der Waals surface area contributed by atoms with Gasteiger partial charge in [-0.05, 0) is 54.8 Å². The van der Waals surface area contributed by atoms with Crippen molar-refractivity contribution >= 4 is 17.4 Å². The average Bonchev–Trinajstić information content (AvgIpc) is 3.11. The molecule has 1 atom stereocenters. The van der Waals surface area contributed by atoms with Crippen LogP contribution in [0, 0.1) is 11.7 Å². The van der Waals surface area contributed by atoms with Gasteiger partial charge in [0.25, 0.3) is 11.1 Å². The van der Waals surface area contributed by atoms with Gasteiger partial charge in [-0.2, -0.15) is 9.36 Å². The molecule has 5 nitrogen and oxygen atoms in total. The maximum atomic E-state index is 13.0. The number of amides is 1. The van der Waals surface area contributed by atoms with Crippen LogP contribution in [-0.4, -0.2) is 21.3 Å². The lowest BCUT2D eigenvalue weighted by Crippen LogP contribution is -2.36. The molecule has 146 valence electrons. The van der Waals surface area contributed by atoms with Crippen molar-refractivity contribution in [2.45, 2.75) is 33.2 Å². The Labute approximate surface area is 167 Å². The molecule has 0 spiro atoms. The summed E-state index contributed by atoms with van der Waals surface area (Å²) in [5, 5.41) is 3.39. The summed E-state index contributed by atoms with van der Waals surface area (Å²) in [7, 11) is 0. The normalized spacial score (nSPS) is 12.0. The summed E-state index contributed by atoms with van der Waals surface area (Å²) < 4.78 is 23.0. The Morgan fingerprint density at radius 2 is 1.79 bits per heavy atom. The minimum atomic E-state index is -0.269. The van der Waals surface area contributed by atoms with Gasteiger partial charge in [0.2, 0.25) is 0 Å². The van der Waals surface area contributed by atoms with Crippen molar-refractivity contribution in [3.63, 3.8) is 0 Å². The molecule has 7 heteroatoms. The number of hydrogen-bond donors (Lipinski definition) is 1. The molecule has 0 radical (unpaired) electrons. The van der Waals surface area contributed by atoms with Crippen LogP contribution in [0.2, 0.25) is 0 Å². The lowest BCUT2D eigenvalue weighted by molar-refractivity contribution is 0.0930. The Balaban J connectivity index is 1.59. The number of ether oxygens (including phenoxy) is 1. The number of nitrogens with zero attached hydrogens (tertiary/aromatic N) is 2. The number of rotatable bonds is 7. The number of benzene rings is 2. The van der Waals surface area contributed by atoms with E-state index in [1.807, 2.05) is 6.92 Å². The van der Waals surface area contributed by atoms with Crippen LogP contribution in [0.3, 0.4) is 0 Å². The van der Waals surface area contributed by atoms with Crippen molar-refractivity contribution in [1.29, 1.82) is 0 Å². The van der Waals surface area contributed by atoms with Crippen molar-refractivity contribution in [2.24, 2.45) is 5.92 Å². The van der Waals surface area contributed by atoms with Crippen LogP contribution in [0.5, 0.6) is 10.9 Å². The van der Waals surface area contributed by atoms with E-state index in [2.05, 4.69) is 28.5 Å². The minimum Gasteiger partial charge on any atom is -0.430 e. The van der Waals surface area contributed by atoms with Gasteiger partial charge in [-0.3, -0.25) is 4.79 Å². The topological polar surface area (TPSA) is 64.1 Å². The lowest BCUT2D eigenvalue weighted by Gasteiger charge is -2.17. The monoisotopic (exact) mass is 399 g/mol. The average molecular weight is 399 g/mol. The first-order valence-corrected chi connectivity index (χ1v) is 9.84. The molecule has 1 heterocycles. The molecule has 1 amide bonds. The third kappa shape index (κ3) is 5.36. The zero-order valence-corrected chi connectivity index (χ0v) is 16.8. The first-order valence-electron chi connectivity index (χ1n) is 9.06. The second kappa shape index (κ2) is 8.93. The van der Waals surface area contributed by atoms with E-state index in [0.29, 0.717) is 34.7 Å². The summed E-state index contributed by atoms with van der Waals surface area (Å²) in [5.41, 5.74) is 1.51. The van der Waals surface area contributed by atoms with Crippen molar-refractivity contribution < 1.29 is 13.9 Å². The molecule has 1 unspecified atom stereocenters. The maximum absolute atomic E-state index is 13.0. The molecule has 0 saturated carbocycles. The second-order valence-electron chi connectivity index (χ2n) is 6.91. The Hall–Kier alpha value is -2.80. The number of nitrogens with one attached hydrogen (secondary N) is 1. The summed E-state index contributed by atoms with van der Waals surface area (Å²) in [4.78, 5) is 16.6. The van der Waals surface area contributed by atoms with Gasteiger partial charge in [-0.25, -0.2) is 4.39 Å². The number of halogens is 1. The van der Waals surface area contributed by atoms with Crippen LogP contribution in [-0.2, 0) is 6.42 Å². The van der Waals surface area contributed by atoms with Gasteiger partial charge >= 0.3 is 0 Å². The zero-order chi connectivity index (χ0) is 20.1. The summed E-state index contributed by atoms with van der Waals surface area (Å²) in [5.74, 6) is 1.19. The summed E-state index contributed by atoms with van der Waals surface area (Å²) in [6.45, 7) is 6.11. The molecule has 2 aromatic carbocycles. The van der Waals surface area contributed by atoms with Gasteiger partial charge in [-0.15, -0.1) is 0 Å². The maximum Gasteiger partial charge on any atom is 0.298 e. The predicted octanol–water partition coefficient (Wildman–Crippen LogP) is 4.83. The first-order chi connectivity index (χ1) is 13.4. The summed E-state index contributed by atoms with van der Waals surface area (Å²) >= 11 is 1.15. The molecule has 0 bridgehead atoms.